The van der Waals surface area contributed by atoms with Gasteiger partial charge < -0.3 is 4.74 Å². The largest absolute Gasteiger partial charge is 0.487 e. The van der Waals surface area contributed by atoms with Crippen molar-refractivity contribution in [2.45, 2.75) is 6.92 Å². The average Bonchev–Trinajstić information content (AvgIpc) is 2.22. The van der Waals surface area contributed by atoms with Crippen LogP contribution in [0.5, 0.6) is 5.75 Å². The summed E-state index contributed by atoms with van der Waals surface area (Å²) in [6, 6.07) is 3.45. The lowest BCUT2D eigenvalue weighted by atomic mass is 10.2. The summed E-state index contributed by atoms with van der Waals surface area (Å²) in [6.07, 6.45) is 4.62. The van der Waals surface area contributed by atoms with E-state index in [1.165, 1.54) is 0 Å². The van der Waals surface area contributed by atoms with Crippen molar-refractivity contribution < 1.29 is 9.53 Å². The van der Waals surface area contributed by atoms with E-state index in [1.807, 2.05) is 19.1 Å². The van der Waals surface area contributed by atoms with Crippen molar-refractivity contribution in [2.75, 3.05) is 6.61 Å². The monoisotopic (exact) mass is 332 g/mol. The molecule has 0 fully saturated rings. The van der Waals surface area contributed by atoms with Gasteiger partial charge in [0.15, 0.2) is 0 Å². The highest BCUT2D eigenvalue weighted by atomic mass is 79.9. The zero-order valence-corrected chi connectivity index (χ0v) is 11.3. The second-order valence-corrected chi connectivity index (χ2v) is 4.52. The van der Waals surface area contributed by atoms with Gasteiger partial charge >= 0.3 is 0 Å². The molecular formula is C11H10Br2O2. The van der Waals surface area contributed by atoms with Gasteiger partial charge in [0.2, 0.25) is 0 Å². The van der Waals surface area contributed by atoms with Crippen LogP contribution in [0.4, 0.5) is 0 Å². The van der Waals surface area contributed by atoms with E-state index in [0.717, 1.165) is 15.2 Å². The van der Waals surface area contributed by atoms with Crippen molar-refractivity contribution in [3.05, 3.63) is 38.8 Å². The van der Waals surface area contributed by atoms with Gasteiger partial charge in [0.25, 0.3) is 0 Å². The van der Waals surface area contributed by atoms with Gasteiger partial charge in [-0.15, -0.1) is 0 Å². The molecule has 0 aromatic heterocycles. The zero-order chi connectivity index (χ0) is 11.3. The fourth-order valence-electron chi connectivity index (χ4n) is 1.01. The lowest BCUT2D eigenvalue weighted by molar-refractivity contribution is 0.112. The van der Waals surface area contributed by atoms with Crippen LogP contribution < -0.4 is 4.74 Å². The van der Waals surface area contributed by atoms with E-state index in [2.05, 4.69) is 31.9 Å². The van der Waals surface area contributed by atoms with Crippen LogP contribution in [0.1, 0.15) is 17.3 Å². The van der Waals surface area contributed by atoms with Crippen LogP contribution in [0.15, 0.2) is 33.2 Å². The number of hydrogen-bond donors (Lipinski definition) is 0. The van der Waals surface area contributed by atoms with Crippen LogP contribution in [0.2, 0.25) is 0 Å². The minimum atomic E-state index is 0.508. The summed E-state index contributed by atoms with van der Waals surface area (Å²) >= 11 is 6.71. The van der Waals surface area contributed by atoms with Crippen LogP contribution in [-0.2, 0) is 0 Å². The number of aldehydes is 1. The molecule has 0 aliphatic heterocycles. The Balaban J connectivity index is 2.92. The Kier molecular flexibility index (Phi) is 5.05. The standard InChI is InChI=1S/C11H10Br2O2/c1-2-3-4-15-11-9(12)5-8(7-14)6-10(11)13/h2-3,5-7H,4H2,1H3/b3-2+. The molecule has 4 heteroatoms. The fraction of sp³-hybridized carbons (Fsp3) is 0.182. The molecule has 0 atom stereocenters. The maximum atomic E-state index is 10.6. The van der Waals surface area contributed by atoms with Crippen molar-refractivity contribution in [1.82, 2.24) is 0 Å². The highest BCUT2D eigenvalue weighted by Gasteiger charge is 2.07. The smallest absolute Gasteiger partial charge is 0.150 e. The molecule has 1 rings (SSSR count). The summed E-state index contributed by atoms with van der Waals surface area (Å²) < 4.78 is 7.05. The maximum absolute atomic E-state index is 10.6. The fourth-order valence-corrected chi connectivity index (χ4v) is 2.46. The lowest BCUT2D eigenvalue weighted by Crippen LogP contribution is -1.96. The van der Waals surface area contributed by atoms with Crippen molar-refractivity contribution in [3.8, 4) is 5.75 Å². The number of hydrogen-bond acceptors (Lipinski definition) is 2. The van der Waals surface area contributed by atoms with Gasteiger partial charge in [0, 0.05) is 5.56 Å². The summed E-state index contributed by atoms with van der Waals surface area (Å²) in [5, 5.41) is 0. The van der Waals surface area contributed by atoms with Crippen LogP contribution >= 0.6 is 31.9 Å². The number of carbonyl (C=O) groups is 1. The summed E-state index contributed by atoms with van der Waals surface area (Å²) in [7, 11) is 0. The van der Waals surface area contributed by atoms with Crippen LogP contribution in [-0.4, -0.2) is 12.9 Å². The van der Waals surface area contributed by atoms with Crippen LogP contribution in [0.25, 0.3) is 0 Å². The van der Waals surface area contributed by atoms with E-state index in [9.17, 15) is 4.79 Å². The van der Waals surface area contributed by atoms with Gasteiger partial charge in [-0.05, 0) is 50.9 Å². The van der Waals surface area contributed by atoms with Gasteiger partial charge in [-0.25, -0.2) is 0 Å². The minimum Gasteiger partial charge on any atom is -0.487 e. The van der Waals surface area contributed by atoms with Gasteiger partial charge in [-0.3, -0.25) is 4.79 Å². The molecule has 80 valence electrons. The van der Waals surface area contributed by atoms with E-state index in [0.29, 0.717) is 17.9 Å². The highest BCUT2D eigenvalue weighted by Crippen LogP contribution is 2.34. The Labute approximate surface area is 106 Å². The minimum absolute atomic E-state index is 0.508. The number of rotatable bonds is 4. The van der Waals surface area contributed by atoms with E-state index in [4.69, 9.17) is 4.74 Å². The molecule has 0 bridgehead atoms. The van der Waals surface area contributed by atoms with E-state index in [-0.39, 0.29) is 0 Å². The quantitative estimate of drug-likeness (QED) is 0.615. The number of carbonyl (C=O) groups excluding carboxylic acids is 1. The van der Waals surface area contributed by atoms with Crippen LogP contribution in [0, 0.1) is 0 Å². The van der Waals surface area contributed by atoms with Crippen molar-refractivity contribution >= 4 is 38.1 Å². The predicted octanol–water partition coefficient (Wildman–Crippen LogP) is 3.98. The Hall–Kier alpha value is -0.610. The number of ether oxygens (including phenoxy) is 1. The molecule has 0 unspecified atom stereocenters. The Morgan fingerprint density at radius 1 is 1.33 bits per heavy atom. The zero-order valence-electron chi connectivity index (χ0n) is 8.17. The van der Waals surface area contributed by atoms with E-state index in [1.54, 1.807) is 12.1 Å². The van der Waals surface area contributed by atoms with Gasteiger partial charge in [-0.1, -0.05) is 12.2 Å². The Morgan fingerprint density at radius 2 is 1.93 bits per heavy atom. The second-order valence-electron chi connectivity index (χ2n) is 2.81. The molecule has 0 N–H and O–H groups in total. The molecule has 1 aromatic rings. The Morgan fingerprint density at radius 3 is 2.40 bits per heavy atom. The third-order valence-corrected chi connectivity index (χ3v) is 2.89. The molecule has 0 aliphatic rings. The summed E-state index contributed by atoms with van der Waals surface area (Å²) in [5.41, 5.74) is 0.604. The van der Waals surface area contributed by atoms with Gasteiger partial charge in [0.05, 0.1) is 8.95 Å². The average molecular weight is 334 g/mol. The molecule has 2 nitrogen and oxygen atoms in total. The molecule has 1 aromatic carbocycles. The van der Waals surface area contributed by atoms with Crippen LogP contribution in [0.3, 0.4) is 0 Å². The van der Waals surface area contributed by atoms with Gasteiger partial charge in [0.1, 0.15) is 18.6 Å². The predicted molar refractivity (Wildman–Crippen MR) is 67.5 cm³/mol. The number of halogens is 2. The molecular weight excluding hydrogens is 324 g/mol. The molecule has 0 heterocycles. The first-order chi connectivity index (χ1) is 7.19. The summed E-state index contributed by atoms with van der Waals surface area (Å²) in [4.78, 5) is 10.6. The maximum Gasteiger partial charge on any atom is 0.150 e. The molecule has 0 saturated heterocycles. The first-order valence-corrected chi connectivity index (χ1v) is 5.95. The Bertz CT molecular complexity index is 363. The van der Waals surface area contributed by atoms with Crippen molar-refractivity contribution in [1.29, 1.82) is 0 Å². The normalized spacial score (nSPS) is 10.6. The second kappa shape index (κ2) is 6.08. The topological polar surface area (TPSA) is 26.3 Å². The van der Waals surface area contributed by atoms with Gasteiger partial charge in [-0.2, -0.15) is 0 Å². The molecule has 0 aliphatic carbocycles. The molecule has 0 saturated carbocycles. The first-order valence-electron chi connectivity index (χ1n) is 4.37. The van der Waals surface area contributed by atoms with Crippen molar-refractivity contribution in [3.63, 3.8) is 0 Å². The molecule has 0 radical (unpaired) electrons. The number of allylic oxidation sites excluding steroid dienone is 1. The molecule has 15 heavy (non-hydrogen) atoms. The highest BCUT2D eigenvalue weighted by molar-refractivity contribution is 9.11. The lowest BCUT2D eigenvalue weighted by Gasteiger charge is -2.08. The SMILES string of the molecule is C/C=C/COc1c(Br)cc(C=O)cc1Br. The van der Waals surface area contributed by atoms with E-state index < -0.39 is 0 Å². The van der Waals surface area contributed by atoms with E-state index >= 15 is 0 Å². The summed E-state index contributed by atoms with van der Waals surface area (Å²) in [5.74, 6) is 0.707. The third kappa shape index (κ3) is 3.47. The summed E-state index contributed by atoms with van der Waals surface area (Å²) in [6.45, 7) is 2.44. The molecule has 0 amide bonds. The third-order valence-electron chi connectivity index (χ3n) is 1.72. The molecule has 0 spiro atoms. The van der Waals surface area contributed by atoms with Crippen molar-refractivity contribution in [2.24, 2.45) is 0 Å². The number of benzene rings is 1. The first kappa shape index (κ1) is 12.5.